The molecule has 4 rings (SSSR count). The number of halogens is 2. The highest BCUT2D eigenvalue weighted by Gasteiger charge is 2.25. The first kappa shape index (κ1) is 20.7. The SMILES string of the molecule is COc1ccc(Cl)cc1C(=O)N1CCN(Cc2nc(-c3ccc(Cl)cc3)no2)CC1. The van der Waals surface area contributed by atoms with Gasteiger partial charge in [0.15, 0.2) is 0 Å². The summed E-state index contributed by atoms with van der Waals surface area (Å²) in [7, 11) is 1.54. The third kappa shape index (κ3) is 4.59. The number of hydrogen-bond acceptors (Lipinski definition) is 6. The van der Waals surface area contributed by atoms with E-state index in [2.05, 4.69) is 15.0 Å². The van der Waals surface area contributed by atoms with Gasteiger partial charge < -0.3 is 14.2 Å². The molecule has 9 heteroatoms. The Balaban J connectivity index is 1.36. The van der Waals surface area contributed by atoms with Gasteiger partial charge in [0.05, 0.1) is 19.2 Å². The van der Waals surface area contributed by atoms with Gasteiger partial charge in [-0.15, -0.1) is 0 Å². The second-order valence-electron chi connectivity index (χ2n) is 6.93. The predicted molar refractivity (Wildman–Crippen MR) is 114 cm³/mol. The zero-order valence-electron chi connectivity index (χ0n) is 16.3. The lowest BCUT2D eigenvalue weighted by molar-refractivity contribution is 0.0612. The molecule has 1 aliphatic heterocycles. The van der Waals surface area contributed by atoms with Gasteiger partial charge >= 0.3 is 0 Å². The highest BCUT2D eigenvalue weighted by Crippen LogP contribution is 2.25. The topological polar surface area (TPSA) is 71.7 Å². The molecular weight excluding hydrogens is 427 g/mol. The van der Waals surface area contributed by atoms with Crippen molar-refractivity contribution in [3.8, 4) is 17.1 Å². The van der Waals surface area contributed by atoms with Crippen molar-refractivity contribution in [2.75, 3.05) is 33.3 Å². The minimum atomic E-state index is -0.0863. The lowest BCUT2D eigenvalue weighted by Gasteiger charge is -2.34. The zero-order valence-corrected chi connectivity index (χ0v) is 17.9. The van der Waals surface area contributed by atoms with Crippen LogP contribution in [0.4, 0.5) is 0 Å². The summed E-state index contributed by atoms with van der Waals surface area (Å²) >= 11 is 12.0. The van der Waals surface area contributed by atoms with E-state index in [-0.39, 0.29) is 5.91 Å². The average molecular weight is 447 g/mol. The van der Waals surface area contributed by atoms with E-state index in [0.717, 1.165) is 5.56 Å². The van der Waals surface area contributed by atoms with Crippen molar-refractivity contribution in [1.29, 1.82) is 0 Å². The molecule has 7 nitrogen and oxygen atoms in total. The molecular formula is C21H20Cl2N4O3. The number of methoxy groups -OCH3 is 1. The van der Waals surface area contributed by atoms with Gasteiger partial charge in [-0.1, -0.05) is 28.4 Å². The summed E-state index contributed by atoms with van der Waals surface area (Å²) < 4.78 is 10.7. The second-order valence-corrected chi connectivity index (χ2v) is 7.80. The Hall–Kier alpha value is -2.61. The maximum atomic E-state index is 12.9. The third-order valence-corrected chi connectivity index (χ3v) is 5.47. The monoisotopic (exact) mass is 446 g/mol. The van der Waals surface area contributed by atoms with E-state index in [0.29, 0.717) is 65.8 Å². The summed E-state index contributed by atoms with van der Waals surface area (Å²) in [5.74, 6) is 1.50. The fourth-order valence-electron chi connectivity index (χ4n) is 3.35. The number of ether oxygens (including phenoxy) is 1. The summed E-state index contributed by atoms with van der Waals surface area (Å²) in [5, 5.41) is 5.21. The molecule has 1 fully saturated rings. The zero-order chi connectivity index (χ0) is 21.1. The minimum absolute atomic E-state index is 0.0863. The summed E-state index contributed by atoms with van der Waals surface area (Å²) in [6.07, 6.45) is 0. The van der Waals surface area contributed by atoms with Crippen LogP contribution in [-0.2, 0) is 6.54 Å². The van der Waals surface area contributed by atoms with Gasteiger partial charge in [-0.25, -0.2) is 0 Å². The molecule has 2 heterocycles. The maximum Gasteiger partial charge on any atom is 0.257 e. The van der Waals surface area contributed by atoms with E-state index in [9.17, 15) is 4.79 Å². The maximum absolute atomic E-state index is 12.9. The van der Waals surface area contributed by atoms with Crippen LogP contribution >= 0.6 is 23.2 Å². The lowest BCUT2D eigenvalue weighted by atomic mass is 10.1. The molecule has 0 radical (unpaired) electrons. The number of amides is 1. The average Bonchev–Trinajstić information content (AvgIpc) is 3.22. The highest BCUT2D eigenvalue weighted by molar-refractivity contribution is 6.31. The molecule has 0 atom stereocenters. The molecule has 3 aromatic rings. The van der Waals surface area contributed by atoms with Crippen molar-refractivity contribution in [2.45, 2.75) is 6.54 Å². The molecule has 0 spiro atoms. The van der Waals surface area contributed by atoms with E-state index >= 15 is 0 Å². The van der Waals surface area contributed by atoms with Gasteiger partial charge in [0.1, 0.15) is 5.75 Å². The molecule has 1 aliphatic rings. The van der Waals surface area contributed by atoms with E-state index in [1.165, 1.54) is 0 Å². The Labute approximate surface area is 184 Å². The normalized spacial score (nSPS) is 14.7. The van der Waals surface area contributed by atoms with Gasteiger partial charge in [-0.05, 0) is 42.5 Å². The number of carbonyl (C=O) groups excluding carboxylic acids is 1. The molecule has 2 aromatic carbocycles. The number of benzene rings is 2. The van der Waals surface area contributed by atoms with Crippen molar-refractivity contribution >= 4 is 29.1 Å². The molecule has 1 saturated heterocycles. The summed E-state index contributed by atoms with van der Waals surface area (Å²) in [5.41, 5.74) is 1.32. The molecule has 0 unspecified atom stereocenters. The van der Waals surface area contributed by atoms with Crippen molar-refractivity contribution in [3.05, 3.63) is 64.0 Å². The fourth-order valence-corrected chi connectivity index (χ4v) is 3.65. The van der Waals surface area contributed by atoms with Crippen LogP contribution < -0.4 is 4.74 Å². The minimum Gasteiger partial charge on any atom is -0.496 e. The molecule has 0 saturated carbocycles. The van der Waals surface area contributed by atoms with Crippen LogP contribution in [0.5, 0.6) is 5.75 Å². The smallest absolute Gasteiger partial charge is 0.257 e. The molecule has 0 N–H and O–H groups in total. The van der Waals surface area contributed by atoms with Crippen LogP contribution in [0.2, 0.25) is 10.0 Å². The van der Waals surface area contributed by atoms with Crippen LogP contribution in [0.15, 0.2) is 47.0 Å². The van der Waals surface area contributed by atoms with E-state index in [4.69, 9.17) is 32.5 Å². The Kier molecular flexibility index (Phi) is 6.22. The number of nitrogens with zero attached hydrogens (tertiary/aromatic N) is 4. The Bertz CT molecular complexity index is 1030. The molecule has 0 bridgehead atoms. The summed E-state index contributed by atoms with van der Waals surface area (Å²) in [6, 6.07) is 12.3. The van der Waals surface area contributed by atoms with Crippen LogP contribution in [0.3, 0.4) is 0 Å². The quantitative estimate of drug-likeness (QED) is 0.589. The Morgan fingerprint density at radius 2 is 1.77 bits per heavy atom. The highest BCUT2D eigenvalue weighted by atomic mass is 35.5. The third-order valence-electron chi connectivity index (χ3n) is 4.98. The first-order valence-corrected chi connectivity index (χ1v) is 10.2. The van der Waals surface area contributed by atoms with Crippen molar-refractivity contribution < 1.29 is 14.1 Å². The Morgan fingerprint density at radius 1 is 1.07 bits per heavy atom. The summed E-state index contributed by atoms with van der Waals surface area (Å²) in [6.45, 7) is 3.11. The lowest BCUT2D eigenvalue weighted by Crippen LogP contribution is -2.48. The van der Waals surface area contributed by atoms with Crippen LogP contribution in [0, 0.1) is 0 Å². The number of hydrogen-bond donors (Lipinski definition) is 0. The van der Waals surface area contributed by atoms with Crippen LogP contribution in [0.25, 0.3) is 11.4 Å². The molecule has 30 heavy (non-hydrogen) atoms. The van der Waals surface area contributed by atoms with Gasteiger partial charge in [0, 0.05) is 41.8 Å². The van der Waals surface area contributed by atoms with Crippen molar-refractivity contribution in [1.82, 2.24) is 19.9 Å². The number of carbonyl (C=O) groups is 1. The summed E-state index contributed by atoms with van der Waals surface area (Å²) in [4.78, 5) is 21.3. The van der Waals surface area contributed by atoms with Crippen LogP contribution in [-0.4, -0.2) is 59.1 Å². The molecule has 1 amide bonds. The van der Waals surface area contributed by atoms with Crippen molar-refractivity contribution in [3.63, 3.8) is 0 Å². The molecule has 0 aliphatic carbocycles. The van der Waals surface area contributed by atoms with Gasteiger partial charge in [0.25, 0.3) is 5.91 Å². The van der Waals surface area contributed by atoms with E-state index < -0.39 is 0 Å². The largest absolute Gasteiger partial charge is 0.496 e. The fraction of sp³-hybridized carbons (Fsp3) is 0.286. The van der Waals surface area contributed by atoms with Gasteiger partial charge in [0.2, 0.25) is 11.7 Å². The number of aromatic nitrogens is 2. The van der Waals surface area contributed by atoms with Crippen LogP contribution in [0.1, 0.15) is 16.2 Å². The van der Waals surface area contributed by atoms with E-state index in [1.807, 2.05) is 12.1 Å². The number of rotatable bonds is 5. The first-order chi connectivity index (χ1) is 14.5. The number of piperazine rings is 1. The van der Waals surface area contributed by atoms with Gasteiger partial charge in [-0.3, -0.25) is 9.69 Å². The molecule has 156 valence electrons. The van der Waals surface area contributed by atoms with E-state index in [1.54, 1.807) is 42.3 Å². The second kappa shape index (κ2) is 9.04. The van der Waals surface area contributed by atoms with Crippen molar-refractivity contribution in [2.24, 2.45) is 0 Å². The standard InChI is InChI=1S/C21H20Cl2N4O3/c1-29-18-7-6-16(23)12-17(18)21(28)27-10-8-26(9-11-27)13-19-24-20(25-30-19)14-2-4-15(22)5-3-14/h2-7,12H,8-11,13H2,1H3. The Morgan fingerprint density at radius 3 is 2.47 bits per heavy atom. The van der Waals surface area contributed by atoms with Gasteiger partial charge in [-0.2, -0.15) is 4.98 Å². The first-order valence-electron chi connectivity index (χ1n) is 9.47. The molecule has 1 aromatic heterocycles. The predicted octanol–water partition coefficient (Wildman–Crippen LogP) is 4.01.